The van der Waals surface area contributed by atoms with E-state index >= 15 is 0 Å². The van der Waals surface area contributed by atoms with Gasteiger partial charge in [0.15, 0.2) is 0 Å². The molecular formula is C20H22ClN3O2S2. The molecular weight excluding hydrogens is 414 g/mol. The molecule has 5 nitrogen and oxygen atoms in total. The summed E-state index contributed by atoms with van der Waals surface area (Å²) in [6.07, 6.45) is 2.26. The highest BCUT2D eigenvalue weighted by atomic mass is 35.5. The molecule has 0 bridgehead atoms. The van der Waals surface area contributed by atoms with Crippen LogP contribution in [0.2, 0.25) is 4.34 Å². The second kappa shape index (κ2) is 9.58. The predicted octanol–water partition coefficient (Wildman–Crippen LogP) is 4.43. The minimum absolute atomic E-state index is 0.0230. The Morgan fingerprint density at radius 3 is 2.64 bits per heavy atom. The fourth-order valence-electron chi connectivity index (χ4n) is 3.07. The quantitative estimate of drug-likeness (QED) is 0.400. The summed E-state index contributed by atoms with van der Waals surface area (Å²) in [5, 5.41) is 11.1. The number of likely N-dealkylation sites (tertiary alicyclic amines) is 1. The van der Waals surface area contributed by atoms with Crippen molar-refractivity contribution >= 4 is 51.6 Å². The predicted molar refractivity (Wildman–Crippen MR) is 117 cm³/mol. The molecule has 1 fully saturated rings. The van der Waals surface area contributed by atoms with Crippen LogP contribution in [0.4, 0.5) is 0 Å². The van der Waals surface area contributed by atoms with Gasteiger partial charge in [-0.25, -0.2) is 0 Å². The Morgan fingerprint density at radius 2 is 2.00 bits per heavy atom. The fourth-order valence-corrected chi connectivity index (χ4v) is 4.81. The van der Waals surface area contributed by atoms with Gasteiger partial charge in [0.25, 0.3) is 5.91 Å². The first kappa shape index (κ1) is 20.9. The van der Waals surface area contributed by atoms with Gasteiger partial charge < -0.3 is 10.2 Å². The molecule has 1 aromatic heterocycles. The van der Waals surface area contributed by atoms with Gasteiger partial charge in [-0.05, 0) is 49.6 Å². The number of nitrogens with zero attached hydrogens (tertiary/aromatic N) is 1. The average Bonchev–Trinajstić information content (AvgIpc) is 3.36. The van der Waals surface area contributed by atoms with Gasteiger partial charge in [-0.2, -0.15) is 0 Å². The molecule has 2 aromatic rings. The smallest absolute Gasteiger partial charge is 0.261 e. The molecule has 8 heteroatoms. The number of nitrogens with one attached hydrogen (secondary N) is 2. The number of hydrogen-bond acceptors (Lipinski definition) is 5. The summed E-state index contributed by atoms with van der Waals surface area (Å²) in [6, 6.07) is 8.94. The van der Waals surface area contributed by atoms with Crippen molar-refractivity contribution in [3.8, 4) is 0 Å². The molecule has 1 aromatic carbocycles. The maximum atomic E-state index is 12.5. The molecule has 0 unspecified atom stereocenters. The number of halogens is 1. The average molecular weight is 436 g/mol. The lowest BCUT2D eigenvalue weighted by molar-refractivity contribution is 0.0959. The van der Waals surface area contributed by atoms with Crippen LogP contribution in [0, 0.1) is 12.3 Å². The van der Waals surface area contributed by atoms with E-state index in [4.69, 9.17) is 17.0 Å². The lowest BCUT2D eigenvalue weighted by Gasteiger charge is -2.19. The lowest BCUT2D eigenvalue weighted by atomic mass is 10.0. The van der Waals surface area contributed by atoms with E-state index in [9.17, 15) is 9.59 Å². The van der Waals surface area contributed by atoms with Gasteiger partial charge in [0, 0.05) is 36.5 Å². The molecule has 1 amide bonds. The Balaban J connectivity index is 1.50. The number of hydrogen-bond donors (Lipinski definition) is 2. The zero-order valence-corrected chi connectivity index (χ0v) is 18.0. The maximum absolute atomic E-state index is 12.5. The van der Waals surface area contributed by atoms with Crippen LogP contribution >= 0.6 is 34.7 Å². The molecule has 148 valence electrons. The van der Waals surface area contributed by atoms with Gasteiger partial charge in [-0.15, -0.1) is 11.3 Å². The number of benzene rings is 1. The van der Waals surface area contributed by atoms with Gasteiger partial charge >= 0.3 is 0 Å². The normalized spacial score (nSPS) is 13.6. The third-order valence-corrected chi connectivity index (χ3v) is 6.68. The van der Waals surface area contributed by atoms with E-state index in [0.717, 1.165) is 37.1 Å². The van der Waals surface area contributed by atoms with Crippen LogP contribution in [0.5, 0.6) is 0 Å². The Bertz CT molecular complexity index is 891. The highest BCUT2D eigenvalue weighted by Crippen LogP contribution is 2.22. The summed E-state index contributed by atoms with van der Waals surface area (Å²) >= 11 is 8.25. The van der Waals surface area contributed by atoms with Gasteiger partial charge in [-0.1, -0.05) is 29.4 Å². The summed E-state index contributed by atoms with van der Waals surface area (Å²) < 4.78 is 0.575. The summed E-state index contributed by atoms with van der Waals surface area (Å²) in [4.78, 5) is 27.1. The highest BCUT2D eigenvalue weighted by molar-refractivity contribution is 8.14. The van der Waals surface area contributed by atoms with Crippen LogP contribution in [0.3, 0.4) is 0 Å². The van der Waals surface area contributed by atoms with Crippen LogP contribution in [0.15, 0.2) is 30.3 Å². The van der Waals surface area contributed by atoms with Crippen molar-refractivity contribution in [2.24, 2.45) is 0 Å². The number of aryl methyl sites for hydroxylation is 1. The largest absolute Gasteiger partial charge is 0.357 e. The molecule has 0 radical (unpaired) electrons. The van der Waals surface area contributed by atoms with Crippen LogP contribution in [0.1, 0.15) is 44.0 Å². The van der Waals surface area contributed by atoms with Crippen molar-refractivity contribution in [1.29, 1.82) is 5.41 Å². The second-order valence-corrected chi connectivity index (χ2v) is 9.35. The fraction of sp³-hybridized carbons (Fsp3) is 0.350. The third-order valence-electron chi connectivity index (χ3n) is 4.56. The van der Waals surface area contributed by atoms with Crippen LogP contribution in [0.25, 0.3) is 0 Å². The van der Waals surface area contributed by atoms with Gasteiger partial charge in [-0.3, -0.25) is 15.0 Å². The van der Waals surface area contributed by atoms with Crippen LogP contribution in [-0.4, -0.2) is 47.1 Å². The topological polar surface area (TPSA) is 73.3 Å². The van der Waals surface area contributed by atoms with E-state index in [1.165, 1.54) is 23.1 Å². The Labute approximate surface area is 178 Å². The first-order chi connectivity index (χ1) is 13.5. The minimum atomic E-state index is -0.175. The maximum Gasteiger partial charge on any atom is 0.261 e. The molecule has 2 N–H and O–H groups in total. The lowest BCUT2D eigenvalue weighted by Crippen LogP contribution is -2.27. The second-order valence-electron chi connectivity index (χ2n) is 6.57. The molecule has 28 heavy (non-hydrogen) atoms. The number of thioether (sulfide) groups is 1. The third kappa shape index (κ3) is 5.16. The molecule has 1 aliphatic rings. The molecule has 1 aliphatic heterocycles. The number of carbonyl (C=O) groups is 2. The molecule has 3 rings (SSSR count). The first-order valence-corrected chi connectivity index (χ1v) is 11.3. The van der Waals surface area contributed by atoms with Crippen molar-refractivity contribution in [2.45, 2.75) is 19.8 Å². The monoisotopic (exact) mass is 435 g/mol. The number of rotatable bonds is 6. The number of amides is 1. The number of carbonyl (C=O) groups excluding carboxylic acids is 2. The van der Waals surface area contributed by atoms with Crippen molar-refractivity contribution in [2.75, 3.05) is 25.4 Å². The number of amidine groups is 1. The van der Waals surface area contributed by atoms with Gasteiger partial charge in [0.05, 0.1) is 9.21 Å². The molecule has 0 spiro atoms. The Hall–Kier alpha value is -1.83. The SMILES string of the molecule is Cc1cc(C(=N)N2CCCC2)ccc1C(=O)SCCNC(=O)c1ccc(Cl)s1. The van der Waals surface area contributed by atoms with E-state index in [1.807, 2.05) is 19.1 Å². The van der Waals surface area contributed by atoms with Crippen molar-refractivity contribution < 1.29 is 9.59 Å². The zero-order valence-electron chi connectivity index (χ0n) is 15.6. The van der Waals surface area contributed by atoms with E-state index in [-0.39, 0.29) is 11.0 Å². The Kier molecular flexibility index (Phi) is 7.15. The van der Waals surface area contributed by atoms with Crippen molar-refractivity contribution in [3.05, 3.63) is 56.2 Å². The summed E-state index contributed by atoms with van der Waals surface area (Å²) in [5.41, 5.74) is 2.37. The van der Waals surface area contributed by atoms with Gasteiger partial charge in [0.1, 0.15) is 5.84 Å². The van der Waals surface area contributed by atoms with E-state index in [0.29, 0.717) is 32.9 Å². The van der Waals surface area contributed by atoms with E-state index < -0.39 is 0 Å². The zero-order chi connectivity index (χ0) is 20.1. The van der Waals surface area contributed by atoms with Crippen molar-refractivity contribution in [3.63, 3.8) is 0 Å². The van der Waals surface area contributed by atoms with E-state index in [1.54, 1.807) is 18.2 Å². The van der Waals surface area contributed by atoms with E-state index in [2.05, 4.69) is 10.2 Å². The highest BCUT2D eigenvalue weighted by Gasteiger charge is 2.18. The van der Waals surface area contributed by atoms with Crippen LogP contribution in [-0.2, 0) is 0 Å². The Morgan fingerprint density at radius 1 is 1.25 bits per heavy atom. The summed E-state index contributed by atoms with van der Waals surface area (Å²) in [7, 11) is 0. The molecule has 0 saturated carbocycles. The summed E-state index contributed by atoms with van der Waals surface area (Å²) in [6.45, 7) is 4.16. The molecule has 0 atom stereocenters. The van der Waals surface area contributed by atoms with Crippen LogP contribution < -0.4 is 5.32 Å². The standard InChI is InChI=1S/C20H22ClN3O2S2/c1-13-12-14(18(22)24-9-2-3-10-24)4-5-15(13)20(26)27-11-8-23-19(25)16-6-7-17(21)28-16/h4-7,12,22H,2-3,8-11H2,1H3,(H,23,25). The molecule has 0 aliphatic carbocycles. The first-order valence-electron chi connectivity index (χ1n) is 9.11. The van der Waals surface area contributed by atoms with Crippen molar-refractivity contribution in [1.82, 2.24) is 10.2 Å². The number of thiophene rings is 1. The molecule has 2 heterocycles. The molecule has 1 saturated heterocycles. The summed E-state index contributed by atoms with van der Waals surface area (Å²) in [5.74, 6) is 0.851. The minimum Gasteiger partial charge on any atom is -0.357 e. The van der Waals surface area contributed by atoms with Gasteiger partial charge in [0.2, 0.25) is 5.12 Å².